The van der Waals surface area contributed by atoms with Crippen LogP contribution < -0.4 is 4.74 Å². The molecule has 0 unspecified atom stereocenters. The molecule has 0 atom stereocenters. The zero-order chi connectivity index (χ0) is 15.4. The van der Waals surface area contributed by atoms with Gasteiger partial charge in [-0.15, -0.1) is 5.10 Å². The van der Waals surface area contributed by atoms with Crippen LogP contribution in [0.2, 0.25) is 0 Å². The Morgan fingerprint density at radius 2 is 2.19 bits per heavy atom. The second kappa shape index (κ2) is 6.34. The quantitative estimate of drug-likeness (QED) is 0.788. The molecular weight excluding hydrogens is 277 g/mol. The molecule has 0 bridgehead atoms. The molecule has 0 radical (unpaired) electrons. The van der Waals surface area contributed by atoms with Crippen molar-refractivity contribution in [2.45, 2.75) is 20.4 Å². The molecule has 0 aliphatic carbocycles. The highest BCUT2D eigenvalue weighted by atomic mass is 19.1. The number of ether oxygens (including phenoxy) is 2. The van der Waals surface area contributed by atoms with Crippen LogP contribution in [0.4, 0.5) is 4.39 Å². The van der Waals surface area contributed by atoms with E-state index in [2.05, 4.69) is 10.3 Å². The van der Waals surface area contributed by atoms with Crippen LogP contribution in [0, 0.1) is 12.7 Å². The highest BCUT2D eigenvalue weighted by Gasteiger charge is 2.18. The number of carbonyl (C=O) groups excluding carboxylic acids is 1. The number of hydrogen-bond acceptors (Lipinski definition) is 5. The molecule has 0 saturated heterocycles. The van der Waals surface area contributed by atoms with E-state index in [9.17, 15) is 9.18 Å². The first-order valence-electron chi connectivity index (χ1n) is 6.47. The van der Waals surface area contributed by atoms with Crippen molar-refractivity contribution < 1.29 is 18.7 Å². The number of halogens is 1. The predicted octanol–water partition coefficient (Wildman–Crippen LogP) is 1.96. The molecule has 0 aliphatic rings. The van der Waals surface area contributed by atoms with Gasteiger partial charge in [0.25, 0.3) is 0 Å². The van der Waals surface area contributed by atoms with Crippen molar-refractivity contribution >= 4 is 5.97 Å². The molecule has 0 fully saturated rings. The van der Waals surface area contributed by atoms with Gasteiger partial charge in [0.1, 0.15) is 0 Å². The van der Waals surface area contributed by atoms with Gasteiger partial charge in [-0.2, -0.15) is 0 Å². The van der Waals surface area contributed by atoms with E-state index in [0.717, 1.165) is 0 Å². The number of benzene rings is 1. The average molecular weight is 293 g/mol. The minimum absolute atomic E-state index is 0.139. The number of esters is 1. The van der Waals surface area contributed by atoms with Gasteiger partial charge in [-0.3, -0.25) is 0 Å². The Bertz CT molecular complexity index is 655. The maximum absolute atomic E-state index is 14.1. The Morgan fingerprint density at radius 3 is 2.86 bits per heavy atom. The summed E-state index contributed by atoms with van der Waals surface area (Å²) in [6.07, 6.45) is 0. The molecule has 0 amide bonds. The molecule has 112 valence electrons. The molecule has 2 rings (SSSR count). The molecule has 0 N–H and O–H groups in total. The maximum atomic E-state index is 14.1. The fraction of sp³-hybridized carbons (Fsp3) is 0.357. The SMILES string of the molecule is CCOC(=O)c1nnn(Cc2cccc(OC)c2F)c1C. The van der Waals surface area contributed by atoms with Gasteiger partial charge in [0.15, 0.2) is 17.3 Å². The van der Waals surface area contributed by atoms with Crippen LogP contribution in [-0.4, -0.2) is 34.7 Å². The monoisotopic (exact) mass is 293 g/mol. The van der Waals surface area contributed by atoms with Gasteiger partial charge in [-0.1, -0.05) is 17.3 Å². The number of carbonyl (C=O) groups is 1. The highest BCUT2D eigenvalue weighted by molar-refractivity contribution is 5.88. The molecular formula is C14H16FN3O3. The smallest absolute Gasteiger partial charge is 0.360 e. The summed E-state index contributed by atoms with van der Waals surface area (Å²) in [5.41, 5.74) is 1.06. The predicted molar refractivity (Wildman–Crippen MR) is 72.8 cm³/mol. The lowest BCUT2D eigenvalue weighted by atomic mass is 10.2. The van der Waals surface area contributed by atoms with Crippen LogP contribution in [0.3, 0.4) is 0 Å². The van der Waals surface area contributed by atoms with Crippen molar-refractivity contribution in [3.05, 3.63) is 41.0 Å². The van der Waals surface area contributed by atoms with E-state index in [1.807, 2.05) is 0 Å². The second-order valence-electron chi connectivity index (χ2n) is 4.33. The van der Waals surface area contributed by atoms with Crippen molar-refractivity contribution in [3.63, 3.8) is 0 Å². The molecule has 0 saturated carbocycles. The van der Waals surface area contributed by atoms with Gasteiger partial charge in [0, 0.05) is 5.56 Å². The normalized spacial score (nSPS) is 10.5. The topological polar surface area (TPSA) is 66.2 Å². The van der Waals surface area contributed by atoms with E-state index in [4.69, 9.17) is 9.47 Å². The fourth-order valence-corrected chi connectivity index (χ4v) is 1.90. The summed E-state index contributed by atoms with van der Waals surface area (Å²) in [5.74, 6) is -0.823. The van der Waals surface area contributed by atoms with E-state index in [0.29, 0.717) is 11.3 Å². The summed E-state index contributed by atoms with van der Waals surface area (Å²) in [4.78, 5) is 11.7. The fourth-order valence-electron chi connectivity index (χ4n) is 1.90. The van der Waals surface area contributed by atoms with Gasteiger partial charge in [0.2, 0.25) is 0 Å². The molecule has 21 heavy (non-hydrogen) atoms. The Kier molecular flexibility index (Phi) is 4.52. The molecule has 7 heteroatoms. The standard InChI is InChI=1S/C14H16FN3O3/c1-4-21-14(19)13-9(2)18(17-16-13)8-10-6-5-7-11(20-3)12(10)15/h5-7H,4,8H2,1-3H3. The second-order valence-corrected chi connectivity index (χ2v) is 4.33. The molecule has 1 heterocycles. The van der Waals surface area contributed by atoms with Gasteiger partial charge < -0.3 is 9.47 Å². The molecule has 2 aromatic rings. The van der Waals surface area contributed by atoms with Crippen molar-refractivity contribution in [2.75, 3.05) is 13.7 Å². The summed E-state index contributed by atoms with van der Waals surface area (Å²) < 4.78 is 25.4. The number of nitrogens with zero attached hydrogens (tertiary/aromatic N) is 3. The lowest BCUT2D eigenvalue weighted by Gasteiger charge is -2.08. The first kappa shape index (κ1) is 15.0. The zero-order valence-electron chi connectivity index (χ0n) is 12.1. The van der Waals surface area contributed by atoms with Gasteiger partial charge in [-0.05, 0) is 19.9 Å². The third kappa shape index (κ3) is 3.01. The minimum atomic E-state index is -0.535. The summed E-state index contributed by atoms with van der Waals surface area (Å²) in [5, 5.41) is 7.66. The Hall–Kier alpha value is -2.44. The molecule has 0 spiro atoms. The van der Waals surface area contributed by atoms with Crippen LogP contribution in [-0.2, 0) is 11.3 Å². The van der Waals surface area contributed by atoms with Crippen molar-refractivity contribution in [2.24, 2.45) is 0 Å². The summed E-state index contributed by atoms with van der Waals surface area (Å²) in [6, 6.07) is 4.86. The van der Waals surface area contributed by atoms with E-state index in [1.165, 1.54) is 17.9 Å². The van der Waals surface area contributed by atoms with Gasteiger partial charge >= 0.3 is 5.97 Å². The Morgan fingerprint density at radius 1 is 1.43 bits per heavy atom. The first-order valence-corrected chi connectivity index (χ1v) is 6.47. The Balaban J connectivity index is 2.27. The molecule has 1 aromatic heterocycles. The van der Waals surface area contributed by atoms with Crippen LogP contribution in [0.25, 0.3) is 0 Å². The lowest BCUT2D eigenvalue weighted by Crippen LogP contribution is -2.09. The number of methoxy groups -OCH3 is 1. The van der Waals surface area contributed by atoms with Crippen LogP contribution in [0.1, 0.15) is 28.7 Å². The molecule has 0 aliphatic heterocycles. The molecule has 6 nitrogen and oxygen atoms in total. The summed E-state index contributed by atoms with van der Waals surface area (Å²) in [6.45, 7) is 3.81. The average Bonchev–Trinajstić information content (AvgIpc) is 2.83. The maximum Gasteiger partial charge on any atom is 0.360 e. The van der Waals surface area contributed by atoms with Gasteiger partial charge in [-0.25, -0.2) is 13.9 Å². The number of hydrogen-bond donors (Lipinski definition) is 0. The summed E-state index contributed by atoms with van der Waals surface area (Å²) in [7, 11) is 1.40. The van der Waals surface area contributed by atoms with E-state index >= 15 is 0 Å². The highest BCUT2D eigenvalue weighted by Crippen LogP contribution is 2.21. The number of aromatic nitrogens is 3. The third-order valence-corrected chi connectivity index (χ3v) is 3.03. The first-order chi connectivity index (χ1) is 10.1. The zero-order valence-corrected chi connectivity index (χ0v) is 12.1. The number of rotatable bonds is 5. The lowest BCUT2D eigenvalue weighted by molar-refractivity contribution is 0.0518. The van der Waals surface area contributed by atoms with Gasteiger partial charge in [0.05, 0.1) is 26.0 Å². The van der Waals surface area contributed by atoms with E-state index in [1.54, 1.807) is 26.0 Å². The van der Waals surface area contributed by atoms with Crippen LogP contribution >= 0.6 is 0 Å². The third-order valence-electron chi connectivity index (χ3n) is 3.03. The van der Waals surface area contributed by atoms with Crippen LogP contribution in [0.5, 0.6) is 5.75 Å². The summed E-state index contributed by atoms with van der Waals surface area (Å²) >= 11 is 0. The largest absolute Gasteiger partial charge is 0.494 e. The molecule has 1 aromatic carbocycles. The van der Waals surface area contributed by atoms with E-state index < -0.39 is 11.8 Å². The minimum Gasteiger partial charge on any atom is -0.494 e. The van der Waals surface area contributed by atoms with Crippen molar-refractivity contribution in [1.82, 2.24) is 15.0 Å². The Labute approximate surface area is 121 Å². The van der Waals surface area contributed by atoms with Crippen molar-refractivity contribution in [1.29, 1.82) is 0 Å². The van der Waals surface area contributed by atoms with Crippen molar-refractivity contribution in [3.8, 4) is 5.75 Å². The van der Waals surface area contributed by atoms with E-state index in [-0.39, 0.29) is 24.6 Å². The van der Waals surface area contributed by atoms with Crippen LogP contribution in [0.15, 0.2) is 18.2 Å².